The highest BCUT2D eigenvalue weighted by Crippen LogP contribution is 1.94. The van der Waals surface area contributed by atoms with E-state index in [0.717, 1.165) is 45.9 Å². The Bertz CT molecular complexity index is 204. The zero-order valence-electron chi connectivity index (χ0n) is 12.4. The monoisotopic (exact) mass is 259 g/mol. The Morgan fingerprint density at radius 1 is 1.28 bits per heavy atom. The zero-order valence-corrected chi connectivity index (χ0v) is 12.4. The van der Waals surface area contributed by atoms with E-state index in [1.54, 1.807) is 19.0 Å². The molecule has 5 nitrogen and oxygen atoms in total. The summed E-state index contributed by atoms with van der Waals surface area (Å²) in [6.07, 6.45) is 0.604. The summed E-state index contributed by atoms with van der Waals surface area (Å²) in [5.74, 6) is 0.181. The molecule has 108 valence electrons. The molecular weight excluding hydrogens is 230 g/mol. The van der Waals surface area contributed by atoms with Crippen molar-refractivity contribution in [2.75, 3.05) is 60.0 Å². The third-order valence-electron chi connectivity index (χ3n) is 2.76. The minimum absolute atomic E-state index is 0.181. The van der Waals surface area contributed by atoms with Gasteiger partial charge < -0.3 is 15.0 Å². The first-order valence-corrected chi connectivity index (χ1v) is 6.82. The van der Waals surface area contributed by atoms with Gasteiger partial charge in [0.05, 0.1) is 13.2 Å². The fourth-order valence-electron chi connectivity index (χ4n) is 1.55. The van der Waals surface area contributed by atoms with Gasteiger partial charge in [-0.3, -0.25) is 9.69 Å². The number of hydrogen-bond donors (Lipinski definition) is 1. The average Bonchev–Trinajstić information content (AvgIpc) is 2.40. The molecule has 1 rings (SSSR count). The van der Waals surface area contributed by atoms with Gasteiger partial charge in [0.15, 0.2) is 0 Å². The Kier molecular flexibility index (Phi) is 11.0. The normalized spacial score (nSPS) is 15.8. The Balaban J connectivity index is 0.000000360. The van der Waals surface area contributed by atoms with E-state index in [-0.39, 0.29) is 5.91 Å². The van der Waals surface area contributed by atoms with Gasteiger partial charge in [-0.2, -0.15) is 0 Å². The largest absolute Gasteiger partial charge is 0.379 e. The molecule has 0 aromatic rings. The number of ether oxygens (including phenoxy) is 1. The molecule has 1 N–H and O–H groups in total. The number of nitrogens with zero attached hydrogens (tertiary/aromatic N) is 2. The molecule has 1 fully saturated rings. The predicted octanol–water partition coefficient (Wildman–Crippen LogP) is 0.413. The summed E-state index contributed by atoms with van der Waals surface area (Å²) in [5, 5.41) is 3.31. The summed E-state index contributed by atoms with van der Waals surface area (Å²) in [6, 6.07) is 0. The maximum atomic E-state index is 10.4. The van der Waals surface area contributed by atoms with Gasteiger partial charge in [0.1, 0.15) is 0 Å². The highest BCUT2D eigenvalue weighted by atomic mass is 16.5. The molecule has 1 aliphatic rings. The summed E-state index contributed by atoms with van der Waals surface area (Å²) in [4.78, 5) is 14.5. The maximum absolute atomic E-state index is 10.4. The molecule has 0 unspecified atom stereocenters. The van der Waals surface area contributed by atoms with Crippen LogP contribution in [-0.4, -0.2) is 75.7 Å². The van der Waals surface area contributed by atoms with E-state index in [0.29, 0.717) is 6.42 Å². The molecule has 0 aliphatic carbocycles. The van der Waals surface area contributed by atoms with E-state index >= 15 is 0 Å². The van der Waals surface area contributed by atoms with Crippen LogP contribution in [0.1, 0.15) is 20.3 Å². The lowest BCUT2D eigenvalue weighted by Gasteiger charge is -2.26. The lowest BCUT2D eigenvalue weighted by molar-refractivity contribution is -0.128. The van der Waals surface area contributed by atoms with Crippen LogP contribution >= 0.6 is 0 Å². The third kappa shape index (κ3) is 9.39. The second-order valence-corrected chi connectivity index (χ2v) is 4.45. The minimum Gasteiger partial charge on any atom is -0.379 e. The fraction of sp³-hybridized carbons (Fsp3) is 0.923. The van der Waals surface area contributed by atoms with Crippen LogP contribution in [0.25, 0.3) is 0 Å². The number of amides is 1. The van der Waals surface area contributed by atoms with Crippen LogP contribution in [0.15, 0.2) is 0 Å². The Labute approximate surface area is 111 Å². The molecular formula is C13H29N3O2. The molecule has 0 spiro atoms. The van der Waals surface area contributed by atoms with Crippen LogP contribution in [0.2, 0.25) is 0 Å². The lowest BCUT2D eigenvalue weighted by Crippen LogP contribution is -2.40. The summed E-state index contributed by atoms with van der Waals surface area (Å²) in [7, 11) is 3.51. The number of rotatable bonds is 5. The molecule has 5 heteroatoms. The second-order valence-electron chi connectivity index (χ2n) is 4.45. The average molecular weight is 259 g/mol. The van der Waals surface area contributed by atoms with Gasteiger partial charge in [-0.15, -0.1) is 0 Å². The number of likely N-dealkylation sites (N-methyl/N-ethyl adjacent to an activating group) is 1. The number of carbonyl (C=O) groups excluding carboxylic acids is 1. The minimum atomic E-state index is 0.181. The summed E-state index contributed by atoms with van der Waals surface area (Å²) in [6.45, 7) is 11.4. The van der Waals surface area contributed by atoms with E-state index in [9.17, 15) is 4.79 Å². The molecule has 0 aromatic heterocycles. The summed E-state index contributed by atoms with van der Waals surface area (Å²) in [5.41, 5.74) is 0. The predicted molar refractivity (Wildman–Crippen MR) is 74.8 cm³/mol. The summed E-state index contributed by atoms with van der Waals surface area (Å²) >= 11 is 0. The molecule has 0 atom stereocenters. The number of morpholine rings is 1. The van der Waals surface area contributed by atoms with Crippen LogP contribution in [0.3, 0.4) is 0 Å². The lowest BCUT2D eigenvalue weighted by atomic mass is 10.4. The van der Waals surface area contributed by atoms with Crippen LogP contribution in [-0.2, 0) is 9.53 Å². The van der Waals surface area contributed by atoms with Crippen molar-refractivity contribution in [1.29, 1.82) is 0 Å². The van der Waals surface area contributed by atoms with Crippen LogP contribution in [0, 0.1) is 0 Å². The van der Waals surface area contributed by atoms with Gasteiger partial charge in [-0.25, -0.2) is 0 Å². The van der Waals surface area contributed by atoms with Crippen LogP contribution in [0.4, 0.5) is 0 Å². The van der Waals surface area contributed by atoms with Crippen molar-refractivity contribution in [3.8, 4) is 0 Å². The van der Waals surface area contributed by atoms with E-state index in [1.807, 2.05) is 6.92 Å². The first-order chi connectivity index (χ1) is 8.61. The van der Waals surface area contributed by atoms with Crippen molar-refractivity contribution in [2.45, 2.75) is 20.3 Å². The van der Waals surface area contributed by atoms with E-state index in [1.165, 1.54) is 0 Å². The highest BCUT2D eigenvalue weighted by Gasteiger charge is 2.08. The van der Waals surface area contributed by atoms with Gasteiger partial charge >= 0.3 is 0 Å². The molecule has 1 aliphatic heterocycles. The van der Waals surface area contributed by atoms with Crippen molar-refractivity contribution in [1.82, 2.24) is 15.1 Å². The van der Waals surface area contributed by atoms with Gasteiger partial charge in [0, 0.05) is 46.7 Å². The molecule has 0 radical (unpaired) electrons. The smallest absolute Gasteiger partial charge is 0.221 e. The quantitative estimate of drug-likeness (QED) is 0.727. The molecule has 0 aromatic carbocycles. The molecule has 0 saturated carbocycles. The van der Waals surface area contributed by atoms with Crippen molar-refractivity contribution in [2.24, 2.45) is 0 Å². The topological polar surface area (TPSA) is 44.8 Å². The zero-order chi connectivity index (χ0) is 13.8. The maximum Gasteiger partial charge on any atom is 0.221 e. The van der Waals surface area contributed by atoms with Crippen molar-refractivity contribution < 1.29 is 9.53 Å². The Hall–Kier alpha value is -0.650. The molecule has 1 heterocycles. The number of hydrogen-bond acceptors (Lipinski definition) is 4. The number of nitrogens with one attached hydrogen (secondary N) is 1. The second kappa shape index (κ2) is 11.4. The third-order valence-corrected chi connectivity index (χ3v) is 2.76. The first kappa shape index (κ1) is 17.4. The Morgan fingerprint density at radius 3 is 2.28 bits per heavy atom. The van der Waals surface area contributed by atoms with E-state index < -0.39 is 0 Å². The van der Waals surface area contributed by atoms with Crippen molar-refractivity contribution in [3.05, 3.63) is 0 Å². The van der Waals surface area contributed by atoms with Gasteiger partial charge in [-0.1, -0.05) is 13.8 Å². The van der Waals surface area contributed by atoms with Crippen LogP contribution in [0.5, 0.6) is 0 Å². The van der Waals surface area contributed by atoms with Gasteiger partial charge in [0.2, 0.25) is 5.91 Å². The number of carbonyl (C=O) groups is 1. The molecule has 18 heavy (non-hydrogen) atoms. The first-order valence-electron chi connectivity index (χ1n) is 6.82. The molecule has 0 bridgehead atoms. The van der Waals surface area contributed by atoms with Crippen LogP contribution < -0.4 is 5.32 Å². The van der Waals surface area contributed by atoms with E-state index in [2.05, 4.69) is 17.1 Å². The SMILES string of the molecule is CCC(=O)N(C)C.CCNCCN1CCOCC1. The molecule has 1 saturated heterocycles. The van der Waals surface area contributed by atoms with Crippen molar-refractivity contribution in [3.63, 3.8) is 0 Å². The van der Waals surface area contributed by atoms with Crippen molar-refractivity contribution >= 4 is 5.91 Å². The standard InChI is InChI=1S/C8H18N2O.C5H11NO/c1-2-9-3-4-10-5-7-11-8-6-10;1-4-5(7)6(2)3/h9H,2-8H2,1H3;4H2,1-3H3. The highest BCUT2D eigenvalue weighted by molar-refractivity contribution is 5.75. The fourth-order valence-corrected chi connectivity index (χ4v) is 1.55. The molecule has 1 amide bonds. The summed E-state index contributed by atoms with van der Waals surface area (Å²) < 4.78 is 5.24. The Morgan fingerprint density at radius 2 is 1.89 bits per heavy atom. The van der Waals surface area contributed by atoms with Gasteiger partial charge in [-0.05, 0) is 6.54 Å². The van der Waals surface area contributed by atoms with E-state index in [4.69, 9.17) is 4.74 Å². The van der Waals surface area contributed by atoms with Gasteiger partial charge in [0.25, 0.3) is 0 Å².